The number of fused-ring (bicyclic) bond motifs is 1. The molecule has 0 atom stereocenters. The number of nitrogens with one attached hydrogen (secondary N) is 2. The van der Waals surface area contributed by atoms with Gasteiger partial charge in [0.05, 0.1) is 5.56 Å². The van der Waals surface area contributed by atoms with Crippen molar-refractivity contribution in [1.82, 2.24) is 10.3 Å². The number of amides is 1. The summed E-state index contributed by atoms with van der Waals surface area (Å²) in [4.78, 5) is 27.2. The molecule has 0 radical (unpaired) electrons. The van der Waals surface area contributed by atoms with E-state index in [0.29, 0.717) is 21.5 Å². The highest BCUT2D eigenvalue weighted by Gasteiger charge is 2.20. The number of Topliss-reactive ketones (excluding diaryl/α,β-unsaturated/α-hetero) is 1. The van der Waals surface area contributed by atoms with Crippen LogP contribution >= 0.6 is 11.6 Å². The number of rotatable bonds is 4. The molecule has 6 heteroatoms. The number of H-pyrrole nitrogens is 1. The highest BCUT2D eigenvalue weighted by molar-refractivity contribution is 6.45. The van der Waals surface area contributed by atoms with Gasteiger partial charge >= 0.3 is 0 Å². The van der Waals surface area contributed by atoms with Crippen LogP contribution in [-0.2, 0) is 11.3 Å². The van der Waals surface area contributed by atoms with Gasteiger partial charge in [-0.3, -0.25) is 9.59 Å². The van der Waals surface area contributed by atoms with E-state index in [-0.39, 0.29) is 12.1 Å². The first-order valence-electron chi connectivity index (χ1n) is 6.89. The summed E-state index contributed by atoms with van der Waals surface area (Å²) in [5, 5.41) is 3.47. The fraction of sp³-hybridized carbons (Fsp3) is 0.0588. The zero-order valence-electron chi connectivity index (χ0n) is 11.9. The largest absolute Gasteiger partial charge is 0.360 e. The second kappa shape index (κ2) is 6.22. The van der Waals surface area contributed by atoms with Gasteiger partial charge in [0, 0.05) is 34.2 Å². The summed E-state index contributed by atoms with van der Waals surface area (Å²) < 4.78 is 13.5. The van der Waals surface area contributed by atoms with Crippen molar-refractivity contribution in [2.45, 2.75) is 6.54 Å². The topological polar surface area (TPSA) is 62.0 Å². The van der Waals surface area contributed by atoms with Crippen LogP contribution in [0.5, 0.6) is 0 Å². The van der Waals surface area contributed by atoms with Crippen molar-refractivity contribution in [2.75, 3.05) is 0 Å². The molecule has 4 nitrogen and oxygen atoms in total. The maximum Gasteiger partial charge on any atom is 0.292 e. The van der Waals surface area contributed by atoms with E-state index >= 15 is 0 Å². The van der Waals surface area contributed by atoms with Crippen molar-refractivity contribution in [3.63, 3.8) is 0 Å². The van der Waals surface area contributed by atoms with Crippen LogP contribution in [0.3, 0.4) is 0 Å². The molecule has 3 rings (SSSR count). The Bertz CT molecular complexity index is 904. The summed E-state index contributed by atoms with van der Waals surface area (Å²) in [7, 11) is 0. The van der Waals surface area contributed by atoms with Crippen molar-refractivity contribution >= 4 is 34.2 Å². The Morgan fingerprint density at radius 2 is 1.96 bits per heavy atom. The molecular weight excluding hydrogens is 319 g/mol. The Morgan fingerprint density at radius 1 is 1.17 bits per heavy atom. The van der Waals surface area contributed by atoms with E-state index in [1.54, 1.807) is 36.4 Å². The molecule has 0 saturated carbocycles. The Labute approximate surface area is 136 Å². The van der Waals surface area contributed by atoms with Crippen LogP contribution in [-0.4, -0.2) is 16.7 Å². The van der Waals surface area contributed by atoms with Gasteiger partial charge in [-0.05, 0) is 24.3 Å². The van der Waals surface area contributed by atoms with Gasteiger partial charge in [-0.25, -0.2) is 4.39 Å². The van der Waals surface area contributed by atoms with Crippen LogP contribution in [0.2, 0.25) is 5.02 Å². The molecule has 0 aliphatic carbocycles. The molecule has 2 aromatic carbocycles. The van der Waals surface area contributed by atoms with Crippen LogP contribution in [0.25, 0.3) is 10.9 Å². The van der Waals surface area contributed by atoms with E-state index in [4.69, 9.17) is 11.6 Å². The first kappa shape index (κ1) is 15.2. The Hall–Kier alpha value is -2.66. The van der Waals surface area contributed by atoms with E-state index in [2.05, 4.69) is 10.3 Å². The summed E-state index contributed by atoms with van der Waals surface area (Å²) in [5.74, 6) is -1.93. The third-order valence-corrected chi connectivity index (χ3v) is 3.73. The maximum absolute atomic E-state index is 13.5. The Balaban J connectivity index is 1.78. The lowest BCUT2D eigenvalue weighted by Crippen LogP contribution is -2.30. The van der Waals surface area contributed by atoms with E-state index in [9.17, 15) is 14.0 Å². The second-order valence-corrected chi connectivity index (χ2v) is 5.43. The number of aromatic amines is 1. The van der Waals surface area contributed by atoms with Crippen molar-refractivity contribution in [3.05, 3.63) is 70.6 Å². The summed E-state index contributed by atoms with van der Waals surface area (Å²) >= 11 is 5.92. The third-order valence-electron chi connectivity index (χ3n) is 3.49. The van der Waals surface area contributed by atoms with Crippen molar-refractivity contribution in [3.8, 4) is 0 Å². The lowest BCUT2D eigenvalue weighted by Gasteiger charge is -2.05. The van der Waals surface area contributed by atoms with Crippen molar-refractivity contribution < 1.29 is 14.0 Å². The molecule has 1 amide bonds. The summed E-state index contributed by atoms with van der Waals surface area (Å²) in [6.07, 6.45) is 1.46. The molecule has 1 aromatic heterocycles. The maximum atomic E-state index is 13.5. The predicted octanol–water partition coefficient (Wildman–Crippen LogP) is 3.46. The van der Waals surface area contributed by atoms with Gasteiger partial charge in [0.1, 0.15) is 5.82 Å². The van der Waals surface area contributed by atoms with Crippen LogP contribution in [0, 0.1) is 5.82 Å². The molecule has 0 aliphatic rings. The van der Waals surface area contributed by atoms with E-state index in [1.807, 2.05) is 0 Å². The number of aromatic nitrogens is 1. The highest BCUT2D eigenvalue weighted by atomic mass is 35.5. The number of benzene rings is 2. The standard InChI is InChI=1S/C17H12ClFN2O2/c18-11-5-6-15-12(7-11)13(9-20-15)16(22)17(23)21-8-10-3-1-2-4-14(10)19/h1-7,9,20H,8H2,(H,21,23). The van der Waals surface area contributed by atoms with Crippen LogP contribution in [0.15, 0.2) is 48.7 Å². The quantitative estimate of drug-likeness (QED) is 0.568. The number of ketones is 1. The van der Waals surface area contributed by atoms with Crippen LogP contribution in [0.4, 0.5) is 4.39 Å². The molecule has 1 heterocycles. The number of hydrogen-bond donors (Lipinski definition) is 2. The fourth-order valence-corrected chi connectivity index (χ4v) is 2.47. The Kier molecular flexibility index (Phi) is 4.12. The minimum atomic E-state index is -0.797. The zero-order chi connectivity index (χ0) is 16.4. The number of carbonyl (C=O) groups is 2. The molecule has 0 fully saturated rings. The average molecular weight is 331 g/mol. The molecule has 2 N–H and O–H groups in total. The normalized spacial score (nSPS) is 10.7. The fourth-order valence-electron chi connectivity index (χ4n) is 2.30. The van der Waals surface area contributed by atoms with Gasteiger partial charge in [0.25, 0.3) is 11.7 Å². The van der Waals surface area contributed by atoms with E-state index in [0.717, 1.165) is 0 Å². The van der Waals surface area contributed by atoms with Gasteiger partial charge in [0.2, 0.25) is 0 Å². The smallest absolute Gasteiger partial charge is 0.292 e. The average Bonchev–Trinajstić information content (AvgIpc) is 2.96. The van der Waals surface area contributed by atoms with Gasteiger partial charge in [0.15, 0.2) is 0 Å². The number of carbonyl (C=O) groups excluding carboxylic acids is 2. The highest BCUT2D eigenvalue weighted by Crippen LogP contribution is 2.22. The van der Waals surface area contributed by atoms with Gasteiger partial charge < -0.3 is 10.3 Å². The summed E-state index contributed by atoms with van der Waals surface area (Å²) in [6.45, 7) is -0.0552. The molecular formula is C17H12ClFN2O2. The molecule has 0 bridgehead atoms. The predicted molar refractivity (Wildman–Crippen MR) is 85.9 cm³/mol. The number of hydrogen-bond acceptors (Lipinski definition) is 2. The molecule has 3 aromatic rings. The minimum absolute atomic E-state index is 0.0552. The molecule has 0 spiro atoms. The lowest BCUT2D eigenvalue weighted by atomic mass is 10.1. The van der Waals surface area contributed by atoms with Gasteiger partial charge in [-0.1, -0.05) is 29.8 Å². The van der Waals surface area contributed by atoms with Crippen LogP contribution in [0.1, 0.15) is 15.9 Å². The number of halogens is 2. The minimum Gasteiger partial charge on any atom is -0.360 e. The molecule has 0 unspecified atom stereocenters. The molecule has 23 heavy (non-hydrogen) atoms. The first-order chi connectivity index (χ1) is 11.1. The van der Waals surface area contributed by atoms with E-state index in [1.165, 1.54) is 12.3 Å². The van der Waals surface area contributed by atoms with Gasteiger partial charge in [-0.2, -0.15) is 0 Å². The summed E-state index contributed by atoms with van der Waals surface area (Å²) in [6, 6.07) is 11.1. The monoisotopic (exact) mass is 330 g/mol. The van der Waals surface area contributed by atoms with Gasteiger partial charge in [-0.15, -0.1) is 0 Å². The van der Waals surface area contributed by atoms with E-state index < -0.39 is 17.5 Å². The SMILES string of the molecule is O=C(NCc1ccccc1F)C(=O)c1c[nH]c2ccc(Cl)cc12. The summed E-state index contributed by atoms with van der Waals surface area (Å²) in [5.41, 5.74) is 1.25. The third kappa shape index (κ3) is 3.10. The molecule has 116 valence electrons. The first-order valence-corrected chi connectivity index (χ1v) is 7.26. The van der Waals surface area contributed by atoms with Crippen molar-refractivity contribution in [2.24, 2.45) is 0 Å². The Morgan fingerprint density at radius 3 is 2.74 bits per heavy atom. The van der Waals surface area contributed by atoms with Crippen LogP contribution < -0.4 is 5.32 Å². The zero-order valence-corrected chi connectivity index (χ0v) is 12.7. The molecule has 0 saturated heterocycles. The second-order valence-electron chi connectivity index (χ2n) is 5.00. The molecule has 0 aliphatic heterocycles. The van der Waals surface area contributed by atoms with Crippen molar-refractivity contribution in [1.29, 1.82) is 0 Å². The lowest BCUT2D eigenvalue weighted by molar-refractivity contribution is -0.117.